The Hall–Kier alpha value is -1.81. The normalized spacial score (nSPS) is 29.2. The molecule has 2 fully saturated rings. The van der Waals surface area contributed by atoms with Crippen LogP contribution in [0.4, 0.5) is 11.4 Å². The molecule has 0 spiro atoms. The second-order valence-electron chi connectivity index (χ2n) is 9.46. The molecule has 0 saturated heterocycles. The maximum absolute atomic E-state index is 12.9. The van der Waals surface area contributed by atoms with Crippen LogP contribution >= 0.6 is 15.9 Å². The molecule has 4 aliphatic rings. The second kappa shape index (κ2) is 6.87. The number of amides is 1. The first-order valence-electron chi connectivity index (χ1n) is 11.2. The molecule has 2 aromatic rings. The van der Waals surface area contributed by atoms with E-state index in [2.05, 4.69) is 38.3 Å². The quantitative estimate of drug-likeness (QED) is 0.581. The summed E-state index contributed by atoms with van der Waals surface area (Å²) in [7, 11) is 0. The molecule has 150 valence electrons. The summed E-state index contributed by atoms with van der Waals surface area (Å²) >= 11 is 3.45. The Bertz CT molecular complexity index is 924. The van der Waals surface area contributed by atoms with Gasteiger partial charge in [-0.3, -0.25) is 4.79 Å². The number of benzene rings is 2. The maximum Gasteiger partial charge on any atom is 0.255 e. The molecule has 6 rings (SSSR count). The van der Waals surface area contributed by atoms with Crippen LogP contribution in [0.1, 0.15) is 71.8 Å². The molecule has 4 heteroatoms. The van der Waals surface area contributed by atoms with E-state index in [-0.39, 0.29) is 5.91 Å². The molecule has 4 atom stereocenters. The Kier molecular flexibility index (Phi) is 4.26. The minimum atomic E-state index is -0.0148. The van der Waals surface area contributed by atoms with Crippen LogP contribution in [0.25, 0.3) is 0 Å². The number of carbonyl (C=O) groups is 1. The highest BCUT2D eigenvalue weighted by Crippen LogP contribution is 2.56. The summed E-state index contributed by atoms with van der Waals surface area (Å²) in [5, 5.41) is 3.23. The predicted molar refractivity (Wildman–Crippen MR) is 121 cm³/mol. The highest BCUT2D eigenvalue weighted by molar-refractivity contribution is 9.10. The monoisotopic (exact) mass is 450 g/mol. The third kappa shape index (κ3) is 2.94. The third-order valence-electron chi connectivity index (χ3n) is 7.88. The van der Waals surface area contributed by atoms with E-state index in [0.717, 1.165) is 22.0 Å². The second-order valence-corrected chi connectivity index (χ2v) is 10.4. The molecule has 29 heavy (non-hydrogen) atoms. The van der Waals surface area contributed by atoms with Gasteiger partial charge in [-0.25, -0.2) is 0 Å². The minimum Gasteiger partial charge on any atom is -0.370 e. The zero-order chi connectivity index (χ0) is 19.5. The van der Waals surface area contributed by atoms with Gasteiger partial charge in [-0.15, -0.1) is 0 Å². The first-order valence-corrected chi connectivity index (χ1v) is 12.0. The number of nitrogens with one attached hydrogen (secondary N) is 1. The largest absolute Gasteiger partial charge is 0.370 e. The molecule has 0 aromatic heterocycles. The Morgan fingerprint density at radius 3 is 2.07 bits per heavy atom. The molecule has 2 aliphatic heterocycles. The summed E-state index contributed by atoms with van der Waals surface area (Å²) in [5.74, 6) is 2.94. The summed E-state index contributed by atoms with van der Waals surface area (Å²) in [6.45, 7) is 2.50. The van der Waals surface area contributed by atoms with Crippen molar-refractivity contribution in [3.63, 3.8) is 0 Å². The molecule has 2 aliphatic carbocycles. The molecule has 0 radical (unpaired) electrons. The van der Waals surface area contributed by atoms with Crippen molar-refractivity contribution in [2.45, 2.75) is 50.4 Å². The first-order chi connectivity index (χ1) is 14.2. The Labute approximate surface area is 181 Å². The smallest absolute Gasteiger partial charge is 0.255 e. The Morgan fingerprint density at radius 2 is 1.48 bits per heavy atom. The number of hydrogen-bond donors (Lipinski definition) is 1. The van der Waals surface area contributed by atoms with Crippen molar-refractivity contribution >= 4 is 33.2 Å². The van der Waals surface area contributed by atoms with Crippen LogP contribution in [0, 0.1) is 11.8 Å². The van der Waals surface area contributed by atoms with E-state index in [1.54, 1.807) is 0 Å². The summed E-state index contributed by atoms with van der Waals surface area (Å²) in [6.07, 6.45) is 8.03. The van der Waals surface area contributed by atoms with Crippen LogP contribution in [0.5, 0.6) is 0 Å². The summed E-state index contributed by atoms with van der Waals surface area (Å²) in [6, 6.07) is 12.2. The van der Waals surface area contributed by atoms with Gasteiger partial charge in [0.05, 0.1) is 0 Å². The van der Waals surface area contributed by atoms with Gasteiger partial charge < -0.3 is 10.2 Å². The Balaban J connectivity index is 1.41. The lowest BCUT2D eigenvalue weighted by molar-refractivity contribution is 0.102. The fraction of sp³-hybridized carbons (Fsp3) is 0.480. The van der Waals surface area contributed by atoms with Crippen LogP contribution in [-0.4, -0.2) is 19.0 Å². The van der Waals surface area contributed by atoms with E-state index >= 15 is 0 Å². The average Bonchev–Trinajstić information content (AvgIpc) is 3.38. The van der Waals surface area contributed by atoms with Crippen LogP contribution < -0.4 is 10.2 Å². The molecular formula is C25H27BrN2O. The van der Waals surface area contributed by atoms with E-state index in [4.69, 9.17) is 0 Å². The van der Waals surface area contributed by atoms with Gasteiger partial charge in [-0.05, 0) is 96.9 Å². The van der Waals surface area contributed by atoms with E-state index in [1.807, 2.05) is 24.3 Å². The van der Waals surface area contributed by atoms with Crippen molar-refractivity contribution < 1.29 is 4.79 Å². The summed E-state index contributed by atoms with van der Waals surface area (Å²) < 4.78 is 0.993. The Morgan fingerprint density at radius 1 is 0.897 bits per heavy atom. The van der Waals surface area contributed by atoms with Crippen molar-refractivity contribution in [2.24, 2.45) is 11.8 Å². The summed E-state index contributed by atoms with van der Waals surface area (Å²) in [5.41, 5.74) is 6.28. The average molecular weight is 451 g/mol. The molecular weight excluding hydrogens is 424 g/mol. The zero-order valence-corrected chi connectivity index (χ0v) is 18.2. The predicted octanol–water partition coefficient (Wildman–Crippen LogP) is 6.30. The summed E-state index contributed by atoms with van der Waals surface area (Å²) in [4.78, 5) is 15.6. The van der Waals surface area contributed by atoms with Crippen molar-refractivity contribution in [3.8, 4) is 0 Å². The highest BCUT2D eigenvalue weighted by atomic mass is 79.9. The third-order valence-corrected chi connectivity index (χ3v) is 8.40. The lowest BCUT2D eigenvalue weighted by Gasteiger charge is -2.46. The van der Waals surface area contributed by atoms with Crippen LogP contribution in [0.2, 0.25) is 0 Å². The number of anilines is 2. The molecule has 2 heterocycles. The van der Waals surface area contributed by atoms with Crippen LogP contribution in [-0.2, 0) is 0 Å². The van der Waals surface area contributed by atoms with Gasteiger partial charge in [-0.2, -0.15) is 0 Å². The standard InChI is InChI=1S/C25H27BrN2O/c26-18-9-7-15(8-10-18)25(29)27-19-11-22-20-5-1-3-16(20)13-28-14-17-4-2-6-21(17)23(12-19)24(22)28/h7-12,16-17,20-21H,1-6,13-14H2,(H,27,29)/t16-,17+,20+,21-. The van der Waals surface area contributed by atoms with E-state index in [1.165, 1.54) is 68.4 Å². The van der Waals surface area contributed by atoms with Gasteiger partial charge in [-0.1, -0.05) is 28.8 Å². The first kappa shape index (κ1) is 18.0. The highest BCUT2D eigenvalue weighted by Gasteiger charge is 2.44. The van der Waals surface area contributed by atoms with Gasteiger partial charge in [0.15, 0.2) is 0 Å². The SMILES string of the molecule is O=C(Nc1cc2c3c(c1)[C@@H]1CCC[C@H]1CN3C[C@H]1CCC[C@H]21)c1ccc(Br)cc1. The molecule has 2 aromatic carbocycles. The van der Waals surface area contributed by atoms with Crippen molar-refractivity contribution in [3.05, 3.63) is 57.6 Å². The lowest BCUT2D eigenvalue weighted by atomic mass is 9.75. The maximum atomic E-state index is 12.9. The van der Waals surface area contributed by atoms with Gasteiger partial charge in [0, 0.05) is 34.5 Å². The number of carbonyl (C=O) groups excluding carboxylic acids is 1. The topological polar surface area (TPSA) is 32.3 Å². The van der Waals surface area contributed by atoms with Crippen LogP contribution in [0.15, 0.2) is 40.9 Å². The number of halogens is 1. The van der Waals surface area contributed by atoms with Gasteiger partial charge in [0.25, 0.3) is 5.91 Å². The fourth-order valence-corrected chi connectivity index (χ4v) is 6.90. The lowest BCUT2D eigenvalue weighted by Crippen LogP contribution is -2.43. The number of rotatable bonds is 2. The van der Waals surface area contributed by atoms with Gasteiger partial charge in [0.1, 0.15) is 0 Å². The van der Waals surface area contributed by atoms with Crippen molar-refractivity contribution in [1.29, 1.82) is 0 Å². The molecule has 1 amide bonds. The minimum absolute atomic E-state index is 0.0148. The van der Waals surface area contributed by atoms with Gasteiger partial charge in [0.2, 0.25) is 0 Å². The fourth-order valence-electron chi connectivity index (χ4n) is 6.64. The van der Waals surface area contributed by atoms with E-state index < -0.39 is 0 Å². The van der Waals surface area contributed by atoms with Crippen molar-refractivity contribution in [1.82, 2.24) is 0 Å². The van der Waals surface area contributed by atoms with E-state index in [0.29, 0.717) is 17.4 Å². The van der Waals surface area contributed by atoms with Crippen LogP contribution in [0.3, 0.4) is 0 Å². The number of fused-ring (bicyclic) bond motifs is 4. The zero-order valence-electron chi connectivity index (χ0n) is 16.7. The molecule has 2 saturated carbocycles. The molecule has 1 N–H and O–H groups in total. The molecule has 0 unspecified atom stereocenters. The van der Waals surface area contributed by atoms with Crippen molar-refractivity contribution in [2.75, 3.05) is 23.3 Å². The molecule has 0 bridgehead atoms. The molecule has 3 nitrogen and oxygen atoms in total. The number of hydrogen-bond acceptors (Lipinski definition) is 2. The van der Waals surface area contributed by atoms with Gasteiger partial charge >= 0.3 is 0 Å². The van der Waals surface area contributed by atoms with E-state index in [9.17, 15) is 4.79 Å². The number of nitrogens with zero attached hydrogens (tertiary/aromatic N) is 1.